The Morgan fingerprint density at radius 2 is 2.33 bits per heavy atom. The van der Waals surface area contributed by atoms with E-state index in [1.807, 2.05) is 6.92 Å². The van der Waals surface area contributed by atoms with Crippen molar-refractivity contribution in [3.63, 3.8) is 0 Å². The Morgan fingerprint density at radius 3 is 3.00 bits per heavy atom. The van der Waals surface area contributed by atoms with E-state index >= 15 is 0 Å². The van der Waals surface area contributed by atoms with Crippen molar-refractivity contribution in [2.75, 3.05) is 0 Å². The number of halogens is 1. The van der Waals surface area contributed by atoms with Gasteiger partial charge in [-0.05, 0) is 6.07 Å². The molecule has 0 unspecified atom stereocenters. The van der Waals surface area contributed by atoms with Gasteiger partial charge in [0.05, 0.1) is 12.7 Å². The Kier molecular flexibility index (Phi) is 3.66. The maximum absolute atomic E-state index is 12.8. The molecule has 0 radical (unpaired) electrons. The number of hydrogen-bond donors (Lipinski definition) is 1. The number of aromatic nitrogens is 2. The van der Waals surface area contributed by atoms with Crippen LogP contribution in [0.15, 0.2) is 28.9 Å². The number of carbonyl (C=O) groups excluding carboxylic acids is 1. The number of hydrogen-bond acceptors (Lipinski definition) is 4. The Bertz CT molecular complexity index is 554. The molecule has 2 aromatic heterocycles. The second-order valence-corrected chi connectivity index (χ2v) is 3.62. The summed E-state index contributed by atoms with van der Waals surface area (Å²) in [6.45, 7) is 2.12. The minimum atomic E-state index is -0.688. The van der Waals surface area contributed by atoms with Crippen molar-refractivity contribution in [2.24, 2.45) is 0 Å². The first-order chi connectivity index (χ1) is 8.69. The summed E-state index contributed by atoms with van der Waals surface area (Å²) in [5.74, 6) is 0.100. The fourth-order valence-electron chi connectivity index (χ4n) is 1.39. The first kappa shape index (κ1) is 12.2. The third-order valence-corrected chi connectivity index (χ3v) is 2.34. The highest BCUT2D eigenvalue weighted by Gasteiger charge is 2.08. The Balaban J connectivity index is 1.96. The molecule has 0 atom stereocenters. The van der Waals surface area contributed by atoms with Crippen LogP contribution in [-0.4, -0.2) is 15.9 Å². The number of pyridine rings is 1. The highest BCUT2D eigenvalue weighted by atomic mass is 19.1. The van der Waals surface area contributed by atoms with E-state index in [-0.39, 0.29) is 12.1 Å². The summed E-state index contributed by atoms with van der Waals surface area (Å²) in [5.41, 5.74) is 0.213. The summed E-state index contributed by atoms with van der Waals surface area (Å²) >= 11 is 0. The van der Waals surface area contributed by atoms with E-state index in [9.17, 15) is 9.18 Å². The van der Waals surface area contributed by atoms with Gasteiger partial charge in [0.25, 0.3) is 5.91 Å². The van der Waals surface area contributed by atoms with E-state index in [2.05, 4.69) is 15.3 Å². The van der Waals surface area contributed by atoms with E-state index in [4.69, 9.17) is 4.42 Å². The molecular formula is C12H12FN3O2. The molecule has 94 valence electrons. The van der Waals surface area contributed by atoms with Crippen LogP contribution in [0.5, 0.6) is 0 Å². The Morgan fingerprint density at radius 1 is 1.50 bits per heavy atom. The minimum absolute atomic E-state index is 0.169. The molecule has 1 amide bonds. The average Bonchev–Trinajstić information content (AvgIpc) is 2.84. The summed E-state index contributed by atoms with van der Waals surface area (Å²) in [7, 11) is 0. The zero-order valence-electron chi connectivity index (χ0n) is 9.81. The summed E-state index contributed by atoms with van der Waals surface area (Å²) in [5, 5.41) is 2.59. The summed E-state index contributed by atoms with van der Waals surface area (Å²) in [4.78, 5) is 19.1. The predicted molar refractivity (Wildman–Crippen MR) is 61.2 cm³/mol. The molecule has 2 rings (SSSR count). The molecule has 2 heterocycles. The topological polar surface area (TPSA) is 68.0 Å². The normalized spacial score (nSPS) is 10.3. The van der Waals surface area contributed by atoms with Gasteiger partial charge in [0.1, 0.15) is 5.76 Å². The van der Waals surface area contributed by atoms with Crippen molar-refractivity contribution in [1.82, 2.24) is 15.3 Å². The first-order valence-corrected chi connectivity index (χ1v) is 5.52. The molecule has 0 saturated heterocycles. The van der Waals surface area contributed by atoms with Crippen LogP contribution < -0.4 is 5.32 Å². The maximum Gasteiger partial charge on any atom is 0.251 e. The van der Waals surface area contributed by atoms with Gasteiger partial charge in [-0.3, -0.25) is 4.79 Å². The summed E-state index contributed by atoms with van der Waals surface area (Å²) in [6, 6.07) is 2.51. The van der Waals surface area contributed by atoms with Gasteiger partial charge in [-0.25, -0.2) is 9.97 Å². The van der Waals surface area contributed by atoms with Crippen LogP contribution in [0.25, 0.3) is 0 Å². The summed E-state index contributed by atoms with van der Waals surface area (Å²) in [6.07, 6.45) is 3.61. The highest BCUT2D eigenvalue weighted by molar-refractivity contribution is 5.93. The van der Waals surface area contributed by atoms with Crippen molar-refractivity contribution in [2.45, 2.75) is 19.9 Å². The number of rotatable bonds is 4. The molecule has 18 heavy (non-hydrogen) atoms. The monoisotopic (exact) mass is 249 g/mol. The molecular weight excluding hydrogens is 237 g/mol. The van der Waals surface area contributed by atoms with Gasteiger partial charge in [0, 0.05) is 24.2 Å². The molecule has 0 aliphatic carbocycles. The Hall–Kier alpha value is -2.24. The van der Waals surface area contributed by atoms with Crippen LogP contribution in [0, 0.1) is 5.95 Å². The van der Waals surface area contributed by atoms with Crippen LogP contribution in [-0.2, 0) is 13.0 Å². The van der Waals surface area contributed by atoms with Crippen LogP contribution in [0.3, 0.4) is 0 Å². The van der Waals surface area contributed by atoms with E-state index < -0.39 is 11.9 Å². The minimum Gasteiger partial charge on any atom is -0.444 e. The summed E-state index contributed by atoms with van der Waals surface area (Å²) < 4.78 is 18.1. The SMILES string of the molecule is CCc1cnc(CNC(=O)c2ccnc(F)c2)o1. The van der Waals surface area contributed by atoms with Crippen molar-refractivity contribution in [1.29, 1.82) is 0 Å². The van der Waals surface area contributed by atoms with Gasteiger partial charge in [-0.1, -0.05) is 6.92 Å². The number of nitrogens with zero attached hydrogens (tertiary/aromatic N) is 2. The quantitative estimate of drug-likeness (QED) is 0.837. The Labute approximate surface area is 103 Å². The second kappa shape index (κ2) is 5.39. The molecule has 5 nitrogen and oxygen atoms in total. The largest absolute Gasteiger partial charge is 0.444 e. The number of carbonyl (C=O) groups is 1. The van der Waals surface area contributed by atoms with Crippen molar-refractivity contribution in [3.05, 3.63) is 47.7 Å². The molecule has 2 aromatic rings. The highest BCUT2D eigenvalue weighted by Crippen LogP contribution is 2.05. The number of aryl methyl sites for hydroxylation is 1. The number of oxazole rings is 1. The fraction of sp³-hybridized carbons (Fsp3) is 0.250. The molecule has 0 spiro atoms. The molecule has 0 bridgehead atoms. The predicted octanol–water partition coefficient (Wildman–Crippen LogP) is 1.70. The van der Waals surface area contributed by atoms with Gasteiger partial charge < -0.3 is 9.73 Å². The molecule has 0 aromatic carbocycles. The maximum atomic E-state index is 12.8. The van der Waals surface area contributed by atoms with Gasteiger partial charge in [-0.2, -0.15) is 4.39 Å². The smallest absolute Gasteiger partial charge is 0.251 e. The first-order valence-electron chi connectivity index (χ1n) is 5.52. The van der Waals surface area contributed by atoms with Crippen LogP contribution in [0.2, 0.25) is 0 Å². The van der Waals surface area contributed by atoms with Gasteiger partial charge >= 0.3 is 0 Å². The lowest BCUT2D eigenvalue weighted by Gasteiger charge is -2.02. The molecule has 0 aliphatic rings. The number of nitrogens with one attached hydrogen (secondary N) is 1. The standard InChI is InChI=1S/C12H12FN3O2/c1-2-9-6-15-11(18-9)7-16-12(17)8-3-4-14-10(13)5-8/h3-6H,2,7H2,1H3,(H,16,17). The van der Waals surface area contributed by atoms with E-state index in [0.29, 0.717) is 5.89 Å². The zero-order valence-corrected chi connectivity index (χ0v) is 9.81. The van der Waals surface area contributed by atoms with E-state index in [1.165, 1.54) is 12.3 Å². The van der Waals surface area contributed by atoms with Crippen LogP contribution in [0.4, 0.5) is 4.39 Å². The van der Waals surface area contributed by atoms with Crippen molar-refractivity contribution < 1.29 is 13.6 Å². The molecule has 0 saturated carbocycles. The van der Waals surface area contributed by atoms with Gasteiger partial charge in [0.15, 0.2) is 0 Å². The lowest BCUT2D eigenvalue weighted by atomic mass is 10.2. The molecule has 1 N–H and O–H groups in total. The van der Waals surface area contributed by atoms with Gasteiger partial charge in [-0.15, -0.1) is 0 Å². The lowest BCUT2D eigenvalue weighted by Crippen LogP contribution is -2.23. The van der Waals surface area contributed by atoms with Crippen LogP contribution in [0.1, 0.15) is 28.9 Å². The average molecular weight is 249 g/mol. The molecule has 0 fully saturated rings. The second-order valence-electron chi connectivity index (χ2n) is 3.62. The van der Waals surface area contributed by atoms with Crippen LogP contribution >= 0.6 is 0 Å². The van der Waals surface area contributed by atoms with Gasteiger partial charge in [0.2, 0.25) is 11.8 Å². The lowest BCUT2D eigenvalue weighted by molar-refractivity contribution is 0.0946. The third kappa shape index (κ3) is 2.91. The molecule has 6 heteroatoms. The molecule has 0 aliphatic heterocycles. The fourth-order valence-corrected chi connectivity index (χ4v) is 1.39. The number of amides is 1. The third-order valence-electron chi connectivity index (χ3n) is 2.34. The van der Waals surface area contributed by atoms with E-state index in [0.717, 1.165) is 18.2 Å². The zero-order chi connectivity index (χ0) is 13.0. The van der Waals surface area contributed by atoms with E-state index in [1.54, 1.807) is 6.20 Å². The van der Waals surface area contributed by atoms with Crippen molar-refractivity contribution in [3.8, 4) is 0 Å². The van der Waals surface area contributed by atoms with Crippen molar-refractivity contribution >= 4 is 5.91 Å².